The van der Waals surface area contributed by atoms with E-state index in [1.54, 1.807) is 0 Å². The molecule has 0 unspecified atom stereocenters. The van der Waals surface area contributed by atoms with Crippen LogP contribution in [0.3, 0.4) is 0 Å². The number of rotatable bonds is 7. The van der Waals surface area contributed by atoms with E-state index in [0.717, 1.165) is 31.4 Å². The molecule has 0 heterocycles. The molecule has 0 spiro atoms. The molecule has 1 aromatic carbocycles. The summed E-state index contributed by atoms with van der Waals surface area (Å²) in [6.07, 6.45) is 3.58. The van der Waals surface area contributed by atoms with Crippen molar-refractivity contribution in [1.82, 2.24) is 5.32 Å². The molecule has 0 saturated heterocycles. The lowest BCUT2D eigenvalue weighted by atomic mass is 10.1. The van der Waals surface area contributed by atoms with E-state index in [-0.39, 0.29) is 5.91 Å². The fourth-order valence-corrected chi connectivity index (χ4v) is 1.66. The predicted octanol–water partition coefficient (Wildman–Crippen LogP) is 2.75. The average Bonchev–Trinajstić information content (AvgIpc) is 2.30. The third kappa shape index (κ3) is 5.76. The van der Waals surface area contributed by atoms with E-state index >= 15 is 0 Å². The molecule has 3 heteroatoms. The minimum absolute atomic E-state index is 0.0945. The molecule has 1 amide bonds. The maximum atomic E-state index is 11.5. The highest BCUT2D eigenvalue weighted by molar-refractivity contribution is 6.17. The summed E-state index contributed by atoms with van der Waals surface area (Å²) in [5.74, 6) is 0.801. The Kier molecular flexibility index (Phi) is 6.66. The second kappa shape index (κ2) is 8.17. The Morgan fingerprint density at radius 1 is 1.12 bits per heavy atom. The summed E-state index contributed by atoms with van der Waals surface area (Å²) >= 11 is 5.56. The molecule has 0 aromatic heterocycles. The van der Waals surface area contributed by atoms with Gasteiger partial charge in [0.15, 0.2) is 0 Å². The van der Waals surface area contributed by atoms with E-state index in [0.29, 0.717) is 12.3 Å². The monoisotopic (exact) mass is 239 g/mol. The van der Waals surface area contributed by atoms with Gasteiger partial charge >= 0.3 is 0 Å². The molecular weight excluding hydrogens is 222 g/mol. The number of carbonyl (C=O) groups is 1. The van der Waals surface area contributed by atoms with Crippen molar-refractivity contribution in [3.05, 3.63) is 35.9 Å². The van der Waals surface area contributed by atoms with Crippen LogP contribution in [0.5, 0.6) is 0 Å². The zero-order valence-electron chi connectivity index (χ0n) is 9.42. The van der Waals surface area contributed by atoms with Crippen LogP contribution in [0.25, 0.3) is 0 Å². The largest absolute Gasteiger partial charge is 0.356 e. The number of hydrogen-bond acceptors (Lipinski definition) is 1. The fraction of sp³-hybridized carbons (Fsp3) is 0.462. The summed E-state index contributed by atoms with van der Waals surface area (Å²) in [6.45, 7) is 0.753. The van der Waals surface area contributed by atoms with Gasteiger partial charge in [0.1, 0.15) is 0 Å². The normalized spacial score (nSPS) is 10.1. The Balaban J connectivity index is 2.12. The average molecular weight is 240 g/mol. The lowest BCUT2D eigenvalue weighted by Gasteiger charge is -2.04. The van der Waals surface area contributed by atoms with E-state index in [2.05, 4.69) is 5.32 Å². The van der Waals surface area contributed by atoms with Crippen molar-refractivity contribution in [2.45, 2.75) is 25.7 Å². The van der Waals surface area contributed by atoms with Crippen LogP contribution >= 0.6 is 11.6 Å². The summed E-state index contributed by atoms with van der Waals surface area (Å²) < 4.78 is 0. The first-order valence-corrected chi connectivity index (χ1v) is 6.23. The Morgan fingerprint density at radius 3 is 2.56 bits per heavy atom. The van der Waals surface area contributed by atoms with E-state index in [1.807, 2.05) is 30.3 Å². The van der Waals surface area contributed by atoms with Gasteiger partial charge in [0, 0.05) is 12.4 Å². The molecule has 0 fully saturated rings. The fourth-order valence-electron chi connectivity index (χ4n) is 1.47. The molecule has 0 atom stereocenters. The quantitative estimate of drug-likeness (QED) is 0.575. The predicted molar refractivity (Wildman–Crippen MR) is 67.7 cm³/mol. The van der Waals surface area contributed by atoms with Gasteiger partial charge in [-0.25, -0.2) is 0 Å². The third-order valence-electron chi connectivity index (χ3n) is 2.34. The van der Waals surface area contributed by atoms with E-state index in [4.69, 9.17) is 11.6 Å². The third-order valence-corrected chi connectivity index (χ3v) is 2.61. The van der Waals surface area contributed by atoms with Crippen LogP contribution in [-0.2, 0) is 11.2 Å². The maximum absolute atomic E-state index is 11.5. The Morgan fingerprint density at radius 2 is 1.88 bits per heavy atom. The highest BCUT2D eigenvalue weighted by Crippen LogP contribution is 1.99. The molecule has 1 rings (SSSR count). The van der Waals surface area contributed by atoms with Crippen molar-refractivity contribution in [2.24, 2.45) is 0 Å². The number of amides is 1. The number of nitrogens with one attached hydrogen (secondary N) is 1. The van der Waals surface area contributed by atoms with Gasteiger partial charge in [-0.1, -0.05) is 36.8 Å². The second-order valence-corrected chi connectivity index (χ2v) is 4.14. The first-order valence-electron chi connectivity index (χ1n) is 5.69. The van der Waals surface area contributed by atoms with Gasteiger partial charge in [-0.05, 0) is 18.4 Å². The first kappa shape index (κ1) is 13.0. The van der Waals surface area contributed by atoms with Crippen molar-refractivity contribution in [3.63, 3.8) is 0 Å². The van der Waals surface area contributed by atoms with Crippen LogP contribution < -0.4 is 5.32 Å². The molecule has 0 bridgehead atoms. The number of unbranched alkanes of at least 4 members (excludes halogenated alkanes) is 2. The summed E-state index contributed by atoms with van der Waals surface area (Å²) in [5.41, 5.74) is 1.06. The number of carbonyl (C=O) groups excluding carboxylic acids is 1. The van der Waals surface area contributed by atoms with E-state index in [1.165, 1.54) is 0 Å². The van der Waals surface area contributed by atoms with Crippen LogP contribution in [0.4, 0.5) is 0 Å². The zero-order valence-corrected chi connectivity index (χ0v) is 10.2. The summed E-state index contributed by atoms with van der Waals surface area (Å²) in [5, 5.41) is 2.91. The number of halogens is 1. The molecule has 0 aliphatic rings. The van der Waals surface area contributed by atoms with Gasteiger partial charge in [-0.15, -0.1) is 11.6 Å². The molecule has 1 N–H and O–H groups in total. The van der Waals surface area contributed by atoms with Crippen LogP contribution in [0.2, 0.25) is 0 Å². The summed E-state index contributed by atoms with van der Waals surface area (Å²) in [7, 11) is 0. The highest BCUT2D eigenvalue weighted by Gasteiger charge is 2.01. The van der Waals surface area contributed by atoms with Crippen LogP contribution in [0.15, 0.2) is 30.3 Å². The van der Waals surface area contributed by atoms with Gasteiger partial charge in [-0.3, -0.25) is 4.79 Å². The number of hydrogen-bond donors (Lipinski definition) is 1. The van der Waals surface area contributed by atoms with Crippen molar-refractivity contribution in [3.8, 4) is 0 Å². The molecule has 0 saturated carbocycles. The second-order valence-electron chi connectivity index (χ2n) is 3.76. The molecule has 16 heavy (non-hydrogen) atoms. The number of benzene rings is 1. The SMILES string of the molecule is O=C(Cc1ccccc1)NCCCCCCl. The minimum Gasteiger partial charge on any atom is -0.356 e. The Labute approximate surface area is 102 Å². The maximum Gasteiger partial charge on any atom is 0.224 e. The van der Waals surface area contributed by atoms with E-state index < -0.39 is 0 Å². The van der Waals surface area contributed by atoms with Crippen LogP contribution in [0, 0.1) is 0 Å². The Bertz CT molecular complexity index is 300. The van der Waals surface area contributed by atoms with Crippen molar-refractivity contribution < 1.29 is 4.79 Å². The smallest absolute Gasteiger partial charge is 0.224 e. The van der Waals surface area contributed by atoms with Crippen molar-refractivity contribution in [2.75, 3.05) is 12.4 Å². The van der Waals surface area contributed by atoms with E-state index in [9.17, 15) is 4.79 Å². The minimum atomic E-state index is 0.0945. The first-order chi connectivity index (χ1) is 7.83. The van der Waals surface area contributed by atoms with Gasteiger partial charge in [0.25, 0.3) is 0 Å². The molecular formula is C13H18ClNO. The van der Waals surface area contributed by atoms with Crippen molar-refractivity contribution >= 4 is 17.5 Å². The van der Waals surface area contributed by atoms with Gasteiger partial charge in [0.2, 0.25) is 5.91 Å². The highest BCUT2D eigenvalue weighted by atomic mass is 35.5. The lowest BCUT2D eigenvalue weighted by Crippen LogP contribution is -2.26. The zero-order chi connectivity index (χ0) is 11.6. The lowest BCUT2D eigenvalue weighted by molar-refractivity contribution is -0.120. The topological polar surface area (TPSA) is 29.1 Å². The van der Waals surface area contributed by atoms with Crippen LogP contribution in [0.1, 0.15) is 24.8 Å². The van der Waals surface area contributed by atoms with Gasteiger partial charge in [0.05, 0.1) is 6.42 Å². The van der Waals surface area contributed by atoms with Crippen LogP contribution in [-0.4, -0.2) is 18.3 Å². The summed E-state index contributed by atoms with van der Waals surface area (Å²) in [4.78, 5) is 11.5. The Hall–Kier alpha value is -1.02. The summed E-state index contributed by atoms with van der Waals surface area (Å²) in [6, 6.07) is 9.78. The molecule has 0 aliphatic carbocycles. The molecule has 1 aromatic rings. The standard InChI is InChI=1S/C13H18ClNO/c14-9-5-2-6-10-15-13(16)11-12-7-3-1-4-8-12/h1,3-4,7-8H,2,5-6,9-11H2,(H,15,16). The number of alkyl halides is 1. The molecule has 88 valence electrons. The molecule has 0 aliphatic heterocycles. The molecule has 2 nitrogen and oxygen atoms in total. The van der Waals surface area contributed by atoms with Gasteiger partial charge < -0.3 is 5.32 Å². The van der Waals surface area contributed by atoms with Crippen molar-refractivity contribution in [1.29, 1.82) is 0 Å². The van der Waals surface area contributed by atoms with Gasteiger partial charge in [-0.2, -0.15) is 0 Å². The molecule has 0 radical (unpaired) electrons.